The standard InChI is InChI=1S/C16H13BrN2O2/c17-12-6-10-2-1-3-14(16(10)19-9-12)18-8-11-4-5-13(20)7-15(11)21/h1-7,9,18,20-21H,8H2. The smallest absolute Gasteiger partial charge is 0.124 e. The summed E-state index contributed by atoms with van der Waals surface area (Å²) in [7, 11) is 0. The number of rotatable bonds is 3. The molecule has 106 valence electrons. The van der Waals surface area contributed by atoms with Crippen LogP contribution in [0.2, 0.25) is 0 Å². The first-order valence-electron chi connectivity index (χ1n) is 6.42. The number of aromatic hydroxyl groups is 2. The van der Waals surface area contributed by atoms with Crippen molar-refractivity contribution in [2.75, 3.05) is 5.32 Å². The van der Waals surface area contributed by atoms with Gasteiger partial charge in [0.15, 0.2) is 0 Å². The molecule has 0 amide bonds. The third-order valence-electron chi connectivity index (χ3n) is 3.22. The van der Waals surface area contributed by atoms with E-state index >= 15 is 0 Å². The van der Waals surface area contributed by atoms with Gasteiger partial charge in [-0.15, -0.1) is 0 Å². The molecule has 0 saturated heterocycles. The molecule has 1 heterocycles. The number of benzene rings is 2. The van der Waals surface area contributed by atoms with E-state index in [-0.39, 0.29) is 11.5 Å². The molecular weight excluding hydrogens is 332 g/mol. The molecule has 0 aliphatic rings. The van der Waals surface area contributed by atoms with E-state index in [4.69, 9.17) is 0 Å². The Kier molecular flexibility index (Phi) is 3.66. The van der Waals surface area contributed by atoms with Crippen LogP contribution in [0.1, 0.15) is 5.56 Å². The zero-order chi connectivity index (χ0) is 14.8. The highest BCUT2D eigenvalue weighted by Crippen LogP contribution is 2.26. The molecule has 3 aromatic rings. The van der Waals surface area contributed by atoms with E-state index in [9.17, 15) is 10.2 Å². The van der Waals surface area contributed by atoms with Crippen LogP contribution in [0.4, 0.5) is 5.69 Å². The Hall–Kier alpha value is -2.27. The lowest BCUT2D eigenvalue weighted by atomic mass is 10.1. The van der Waals surface area contributed by atoms with Crippen molar-refractivity contribution in [2.45, 2.75) is 6.54 Å². The van der Waals surface area contributed by atoms with Crippen molar-refractivity contribution in [3.05, 3.63) is 58.7 Å². The van der Waals surface area contributed by atoms with Gasteiger partial charge in [0, 0.05) is 34.2 Å². The van der Waals surface area contributed by atoms with Gasteiger partial charge < -0.3 is 15.5 Å². The van der Waals surface area contributed by atoms with E-state index in [0.29, 0.717) is 12.1 Å². The fourth-order valence-corrected chi connectivity index (χ4v) is 2.52. The third kappa shape index (κ3) is 2.92. The first-order chi connectivity index (χ1) is 10.1. The first kappa shape index (κ1) is 13.7. The SMILES string of the molecule is Oc1ccc(CNc2cccc3cc(Br)cnc23)c(O)c1. The summed E-state index contributed by atoms with van der Waals surface area (Å²) >= 11 is 3.41. The molecule has 0 aliphatic heterocycles. The molecule has 0 spiro atoms. The van der Waals surface area contributed by atoms with Crippen molar-refractivity contribution in [3.8, 4) is 11.5 Å². The molecule has 21 heavy (non-hydrogen) atoms. The van der Waals surface area contributed by atoms with Crippen LogP contribution in [0, 0.1) is 0 Å². The largest absolute Gasteiger partial charge is 0.508 e. The number of aromatic nitrogens is 1. The minimum Gasteiger partial charge on any atom is -0.508 e. The highest BCUT2D eigenvalue weighted by atomic mass is 79.9. The summed E-state index contributed by atoms with van der Waals surface area (Å²) in [6.07, 6.45) is 1.76. The summed E-state index contributed by atoms with van der Waals surface area (Å²) in [4.78, 5) is 4.42. The van der Waals surface area contributed by atoms with Crippen molar-refractivity contribution >= 4 is 32.5 Å². The average molecular weight is 345 g/mol. The van der Waals surface area contributed by atoms with Gasteiger partial charge in [0.05, 0.1) is 11.2 Å². The fourth-order valence-electron chi connectivity index (χ4n) is 2.17. The molecule has 0 aliphatic carbocycles. The van der Waals surface area contributed by atoms with E-state index in [0.717, 1.165) is 21.1 Å². The van der Waals surface area contributed by atoms with Gasteiger partial charge in [0.25, 0.3) is 0 Å². The minimum absolute atomic E-state index is 0.0490. The Morgan fingerprint density at radius 3 is 2.76 bits per heavy atom. The van der Waals surface area contributed by atoms with Gasteiger partial charge in [-0.25, -0.2) is 0 Å². The maximum atomic E-state index is 9.80. The molecule has 5 heteroatoms. The molecule has 3 N–H and O–H groups in total. The maximum absolute atomic E-state index is 9.80. The van der Waals surface area contributed by atoms with Gasteiger partial charge >= 0.3 is 0 Å². The Morgan fingerprint density at radius 2 is 1.95 bits per heavy atom. The Bertz CT molecular complexity index is 805. The second kappa shape index (κ2) is 5.61. The lowest BCUT2D eigenvalue weighted by molar-refractivity contribution is 0.446. The molecule has 0 fully saturated rings. The number of phenols is 2. The number of nitrogens with one attached hydrogen (secondary N) is 1. The quantitative estimate of drug-likeness (QED) is 0.671. The molecule has 3 rings (SSSR count). The van der Waals surface area contributed by atoms with Gasteiger partial charge in [-0.3, -0.25) is 4.98 Å². The molecule has 1 aromatic heterocycles. The number of hydrogen-bond donors (Lipinski definition) is 3. The molecule has 0 radical (unpaired) electrons. The van der Waals surface area contributed by atoms with E-state index in [1.54, 1.807) is 18.3 Å². The maximum Gasteiger partial charge on any atom is 0.124 e. The Balaban J connectivity index is 1.88. The van der Waals surface area contributed by atoms with Crippen LogP contribution in [0.3, 0.4) is 0 Å². The molecule has 2 aromatic carbocycles. The highest BCUT2D eigenvalue weighted by molar-refractivity contribution is 9.10. The lowest BCUT2D eigenvalue weighted by Gasteiger charge is -2.10. The second-order valence-electron chi connectivity index (χ2n) is 4.70. The summed E-state index contributed by atoms with van der Waals surface area (Å²) in [5.41, 5.74) is 2.48. The Labute approximate surface area is 130 Å². The zero-order valence-corrected chi connectivity index (χ0v) is 12.6. The summed E-state index contributed by atoms with van der Waals surface area (Å²) in [5, 5.41) is 23.4. The van der Waals surface area contributed by atoms with Gasteiger partial charge in [-0.05, 0) is 40.2 Å². The van der Waals surface area contributed by atoms with Crippen LogP contribution in [0.15, 0.2) is 53.1 Å². The topological polar surface area (TPSA) is 65.4 Å². The zero-order valence-electron chi connectivity index (χ0n) is 11.0. The highest BCUT2D eigenvalue weighted by Gasteiger charge is 2.05. The van der Waals surface area contributed by atoms with Crippen LogP contribution in [-0.2, 0) is 6.54 Å². The van der Waals surface area contributed by atoms with Gasteiger partial charge in [-0.1, -0.05) is 12.1 Å². The number of fused-ring (bicyclic) bond motifs is 1. The second-order valence-corrected chi connectivity index (χ2v) is 5.61. The molecule has 0 bridgehead atoms. The van der Waals surface area contributed by atoms with Gasteiger partial charge in [-0.2, -0.15) is 0 Å². The van der Waals surface area contributed by atoms with E-state index in [2.05, 4.69) is 26.2 Å². The van der Waals surface area contributed by atoms with Crippen molar-refractivity contribution < 1.29 is 10.2 Å². The van der Waals surface area contributed by atoms with Crippen LogP contribution >= 0.6 is 15.9 Å². The van der Waals surface area contributed by atoms with Crippen LogP contribution in [0.25, 0.3) is 10.9 Å². The Morgan fingerprint density at radius 1 is 1.10 bits per heavy atom. The molecule has 0 unspecified atom stereocenters. The van der Waals surface area contributed by atoms with Crippen molar-refractivity contribution in [1.82, 2.24) is 4.98 Å². The van der Waals surface area contributed by atoms with Crippen LogP contribution in [0.5, 0.6) is 11.5 Å². The monoisotopic (exact) mass is 344 g/mol. The molecule has 4 nitrogen and oxygen atoms in total. The van der Waals surface area contributed by atoms with E-state index < -0.39 is 0 Å². The summed E-state index contributed by atoms with van der Waals surface area (Å²) in [6.45, 7) is 0.447. The number of anilines is 1. The van der Waals surface area contributed by atoms with Crippen LogP contribution < -0.4 is 5.32 Å². The molecule has 0 saturated carbocycles. The summed E-state index contributed by atoms with van der Waals surface area (Å²) < 4.78 is 0.934. The minimum atomic E-state index is 0.0490. The predicted octanol–water partition coefficient (Wildman–Crippen LogP) is 4.02. The van der Waals surface area contributed by atoms with Crippen LogP contribution in [-0.4, -0.2) is 15.2 Å². The molecular formula is C16H13BrN2O2. The van der Waals surface area contributed by atoms with Crippen molar-refractivity contribution in [1.29, 1.82) is 0 Å². The van der Waals surface area contributed by atoms with Crippen molar-refractivity contribution in [2.24, 2.45) is 0 Å². The number of hydrogen-bond acceptors (Lipinski definition) is 4. The normalized spacial score (nSPS) is 10.7. The number of halogens is 1. The van der Waals surface area contributed by atoms with Crippen molar-refractivity contribution in [3.63, 3.8) is 0 Å². The average Bonchev–Trinajstić information content (AvgIpc) is 2.46. The predicted molar refractivity (Wildman–Crippen MR) is 86.5 cm³/mol. The van der Waals surface area contributed by atoms with Gasteiger partial charge in [0.2, 0.25) is 0 Å². The summed E-state index contributed by atoms with van der Waals surface area (Å²) in [6, 6.07) is 12.5. The van der Waals surface area contributed by atoms with Gasteiger partial charge in [0.1, 0.15) is 11.5 Å². The van der Waals surface area contributed by atoms with E-state index in [1.165, 1.54) is 6.07 Å². The number of nitrogens with zero attached hydrogens (tertiary/aromatic N) is 1. The number of phenolic OH excluding ortho intramolecular Hbond substituents is 2. The number of pyridine rings is 1. The molecule has 0 atom stereocenters. The lowest BCUT2D eigenvalue weighted by Crippen LogP contribution is -2.00. The summed E-state index contributed by atoms with van der Waals surface area (Å²) in [5.74, 6) is 0.117. The first-order valence-corrected chi connectivity index (χ1v) is 7.22. The number of para-hydroxylation sites is 1. The fraction of sp³-hybridized carbons (Fsp3) is 0.0625. The van der Waals surface area contributed by atoms with E-state index in [1.807, 2.05) is 24.3 Å². The third-order valence-corrected chi connectivity index (χ3v) is 3.65.